The summed E-state index contributed by atoms with van der Waals surface area (Å²) in [6, 6.07) is 29.0. The van der Waals surface area contributed by atoms with Gasteiger partial charge in [0, 0.05) is 6.42 Å². The molecular weight excluding hydrogens is 456 g/mol. The van der Waals surface area contributed by atoms with Crippen LogP contribution >= 0.6 is 12.4 Å². The number of hydrogen-bond donors (Lipinski definition) is 1. The summed E-state index contributed by atoms with van der Waals surface area (Å²) in [6.07, 6.45) is 0.430. The first kappa shape index (κ1) is 27.8. The summed E-state index contributed by atoms with van der Waals surface area (Å²) in [6.45, 7) is 4.63. The van der Waals surface area contributed by atoms with Gasteiger partial charge in [-0.2, -0.15) is 5.26 Å². The summed E-state index contributed by atoms with van der Waals surface area (Å²) in [5.41, 5.74) is 2.52. The molecule has 1 atom stereocenters. The van der Waals surface area contributed by atoms with Crippen molar-refractivity contribution < 1.29 is 9.47 Å². The minimum absolute atomic E-state index is 0. The van der Waals surface area contributed by atoms with E-state index in [1.807, 2.05) is 54.6 Å². The van der Waals surface area contributed by atoms with E-state index in [4.69, 9.17) is 9.47 Å². The third-order valence-corrected chi connectivity index (χ3v) is 6.24. The average molecular weight is 489 g/mol. The quantitative estimate of drug-likeness (QED) is 0.358. The van der Waals surface area contributed by atoms with Crippen molar-refractivity contribution in [2.75, 3.05) is 20.8 Å². The Bertz CT molecular complexity index is 1120. The predicted molar refractivity (Wildman–Crippen MR) is 144 cm³/mol. The maximum absolute atomic E-state index is 10.2. The molecule has 5 heteroatoms. The van der Waals surface area contributed by atoms with E-state index in [9.17, 15) is 5.26 Å². The van der Waals surface area contributed by atoms with Crippen LogP contribution in [-0.2, 0) is 5.41 Å². The highest BCUT2D eigenvalue weighted by molar-refractivity contribution is 5.85. The first-order valence-electron chi connectivity index (χ1n) is 11.5. The van der Waals surface area contributed by atoms with Gasteiger partial charge >= 0.3 is 0 Å². The Morgan fingerprint density at radius 3 is 1.89 bits per heavy atom. The number of nitrogens with zero attached hydrogens (tertiary/aromatic N) is 1. The van der Waals surface area contributed by atoms with Gasteiger partial charge in [-0.15, -0.1) is 12.4 Å². The van der Waals surface area contributed by atoms with Gasteiger partial charge in [-0.3, -0.25) is 5.32 Å². The van der Waals surface area contributed by atoms with Crippen LogP contribution in [-0.4, -0.2) is 20.8 Å². The van der Waals surface area contributed by atoms with E-state index >= 15 is 0 Å². The number of hydrogen-bond acceptors (Lipinski definition) is 4. The highest BCUT2D eigenvalue weighted by atomic mass is 35.5. The van der Waals surface area contributed by atoms with Crippen LogP contribution < -0.4 is 14.8 Å². The Hall–Kier alpha value is -3.44. The van der Waals surface area contributed by atoms with E-state index in [-0.39, 0.29) is 24.4 Å². The fourth-order valence-corrected chi connectivity index (χ4v) is 4.12. The molecule has 0 saturated carbocycles. The van der Waals surface area contributed by atoms with Crippen molar-refractivity contribution in [1.82, 2.24) is 5.32 Å². The Labute approximate surface area is 215 Å². The van der Waals surface area contributed by atoms with Crippen LogP contribution in [0.3, 0.4) is 0 Å². The average Bonchev–Trinajstić information content (AvgIpc) is 2.89. The third-order valence-electron chi connectivity index (χ3n) is 6.24. The second-order valence-electron chi connectivity index (χ2n) is 8.47. The molecule has 3 rings (SSSR count). The molecule has 0 heterocycles. The van der Waals surface area contributed by atoms with Crippen molar-refractivity contribution in [2.24, 2.45) is 5.92 Å². The van der Waals surface area contributed by atoms with Crippen LogP contribution in [0.1, 0.15) is 43.0 Å². The van der Waals surface area contributed by atoms with Gasteiger partial charge in [-0.25, -0.2) is 0 Å². The summed E-state index contributed by atoms with van der Waals surface area (Å²) < 4.78 is 10.8. The van der Waals surface area contributed by atoms with Gasteiger partial charge in [-0.05, 0) is 34.7 Å². The van der Waals surface area contributed by atoms with Crippen LogP contribution in [0, 0.1) is 29.1 Å². The Morgan fingerprint density at radius 1 is 0.829 bits per heavy atom. The molecule has 4 nitrogen and oxygen atoms in total. The molecule has 0 spiro atoms. The summed E-state index contributed by atoms with van der Waals surface area (Å²) in [5, 5.41) is 13.8. The lowest BCUT2D eigenvalue weighted by Crippen LogP contribution is -2.30. The van der Waals surface area contributed by atoms with E-state index in [1.165, 1.54) is 11.1 Å². The lowest BCUT2D eigenvalue weighted by atomic mass is 9.70. The predicted octanol–water partition coefficient (Wildman–Crippen LogP) is 6.32. The van der Waals surface area contributed by atoms with Crippen LogP contribution in [0.2, 0.25) is 0 Å². The largest absolute Gasteiger partial charge is 0.493 e. The molecule has 1 unspecified atom stereocenters. The van der Waals surface area contributed by atoms with Crippen LogP contribution in [0.4, 0.5) is 0 Å². The standard InChI is InChI=1S/C30H32N2O2.ClH/c1-23(2)30(22-31,26-17-18-27(33-3)28(21-26)34-4)19-11-12-20-32-29(24-13-7-5-8-14-24)25-15-9-6-10-16-25;/h5-10,13-18,21,23,29,32H,19-20H2,1-4H3;1H. The van der Waals surface area contributed by atoms with E-state index in [2.05, 4.69) is 61.3 Å². The van der Waals surface area contributed by atoms with Crippen molar-refractivity contribution in [3.8, 4) is 29.4 Å². The van der Waals surface area contributed by atoms with Crippen molar-refractivity contribution in [3.63, 3.8) is 0 Å². The lowest BCUT2D eigenvalue weighted by molar-refractivity contribution is 0.350. The smallest absolute Gasteiger partial charge is 0.161 e. The molecular formula is C30H33ClN2O2. The first-order chi connectivity index (χ1) is 16.6. The van der Waals surface area contributed by atoms with Gasteiger partial charge < -0.3 is 9.47 Å². The van der Waals surface area contributed by atoms with Gasteiger partial charge in [0.2, 0.25) is 0 Å². The number of methoxy groups -OCH3 is 2. The zero-order chi connectivity index (χ0) is 24.4. The molecule has 3 aromatic carbocycles. The molecule has 1 N–H and O–H groups in total. The maximum atomic E-state index is 10.2. The van der Waals surface area contributed by atoms with E-state index in [0.29, 0.717) is 24.5 Å². The van der Waals surface area contributed by atoms with Gasteiger partial charge in [0.05, 0.1) is 38.3 Å². The third kappa shape index (κ3) is 6.58. The van der Waals surface area contributed by atoms with Crippen molar-refractivity contribution in [3.05, 3.63) is 95.6 Å². The Morgan fingerprint density at radius 2 is 1.40 bits per heavy atom. The monoisotopic (exact) mass is 488 g/mol. The van der Waals surface area contributed by atoms with Gasteiger partial charge in [0.15, 0.2) is 11.5 Å². The molecule has 0 aliphatic heterocycles. The van der Waals surface area contributed by atoms with Gasteiger partial charge in [-0.1, -0.05) is 92.4 Å². The highest BCUT2D eigenvalue weighted by Crippen LogP contribution is 2.39. The van der Waals surface area contributed by atoms with Gasteiger partial charge in [0.1, 0.15) is 0 Å². The molecule has 3 aromatic rings. The zero-order valence-electron chi connectivity index (χ0n) is 20.7. The van der Waals surface area contributed by atoms with E-state index < -0.39 is 5.41 Å². The first-order valence-corrected chi connectivity index (χ1v) is 11.5. The van der Waals surface area contributed by atoms with Crippen LogP contribution in [0.15, 0.2) is 78.9 Å². The minimum atomic E-state index is -0.745. The number of halogens is 1. The number of rotatable bonds is 9. The van der Waals surface area contributed by atoms with Crippen LogP contribution in [0.25, 0.3) is 0 Å². The molecule has 0 amide bonds. The highest BCUT2D eigenvalue weighted by Gasteiger charge is 2.36. The number of nitriles is 1. The molecule has 35 heavy (non-hydrogen) atoms. The summed E-state index contributed by atoms with van der Waals surface area (Å²) in [4.78, 5) is 0. The van der Waals surface area contributed by atoms with Crippen molar-refractivity contribution >= 4 is 12.4 Å². The van der Waals surface area contributed by atoms with Crippen molar-refractivity contribution in [1.29, 1.82) is 5.26 Å². The number of ether oxygens (including phenoxy) is 2. The van der Waals surface area contributed by atoms with Crippen LogP contribution in [0.5, 0.6) is 11.5 Å². The second-order valence-corrected chi connectivity index (χ2v) is 8.47. The molecule has 0 aliphatic rings. The Balaban J connectivity index is 0.00000432. The second kappa shape index (κ2) is 13.4. The molecule has 0 fully saturated rings. The minimum Gasteiger partial charge on any atom is -0.493 e. The van der Waals surface area contributed by atoms with E-state index in [0.717, 1.165) is 5.56 Å². The topological polar surface area (TPSA) is 54.3 Å². The summed E-state index contributed by atoms with van der Waals surface area (Å²) in [7, 11) is 3.21. The molecule has 182 valence electrons. The van der Waals surface area contributed by atoms with Gasteiger partial charge in [0.25, 0.3) is 0 Å². The molecule has 0 saturated heterocycles. The normalized spacial score (nSPS) is 12.0. The SMILES string of the molecule is COc1ccc(C(C#N)(CC#CCNC(c2ccccc2)c2ccccc2)C(C)C)cc1OC.Cl. The fraction of sp³-hybridized carbons (Fsp3) is 0.300. The number of nitrogens with one attached hydrogen (secondary N) is 1. The molecule has 0 aromatic heterocycles. The summed E-state index contributed by atoms with van der Waals surface area (Å²) in [5.74, 6) is 7.85. The number of benzene rings is 3. The molecule has 0 aliphatic carbocycles. The summed E-state index contributed by atoms with van der Waals surface area (Å²) >= 11 is 0. The fourth-order valence-electron chi connectivity index (χ4n) is 4.12. The zero-order valence-corrected chi connectivity index (χ0v) is 21.6. The molecule has 0 bridgehead atoms. The van der Waals surface area contributed by atoms with Crippen molar-refractivity contribution in [2.45, 2.75) is 31.7 Å². The maximum Gasteiger partial charge on any atom is 0.161 e. The molecule has 0 radical (unpaired) electrons. The lowest BCUT2D eigenvalue weighted by Gasteiger charge is -2.30. The van der Waals surface area contributed by atoms with E-state index in [1.54, 1.807) is 14.2 Å². The Kier molecular flexibility index (Phi) is 10.7.